The highest BCUT2D eigenvalue weighted by Gasteiger charge is 2.15. The Labute approximate surface area is 135 Å². The third-order valence-electron chi connectivity index (χ3n) is 3.64. The van der Waals surface area contributed by atoms with Gasteiger partial charge in [0.2, 0.25) is 0 Å². The van der Waals surface area contributed by atoms with E-state index in [0.717, 1.165) is 45.0 Å². The topological polar surface area (TPSA) is 76.3 Å². The third-order valence-corrected chi connectivity index (χ3v) is 3.64. The molecule has 1 saturated heterocycles. The Morgan fingerprint density at radius 1 is 1.48 bits per heavy atom. The van der Waals surface area contributed by atoms with Crippen LogP contribution in [0, 0.1) is 0 Å². The van der Waals surface area contributed by atoms with E-state index in [4.69, 9.17) is 19.4 Å². The van der Waals surface area contributed by atoms with Crippen LogP contribution in [0.15, 0.2) is 30.6 Å². The molecule has 1 fully saturated rings. The molecule has 0 spiro atoms. The van der Waals surface area contributed by atoms with Gasteiger partial charge in [-0.1, -0.05) is 6.07 Å². The molecule has 0 amide bonds. The molecular formula is C16H23N3O4. The zero-order valence-corrected chi connectivity index (χ0v) is 13.3. The number of hydrogen-bond acceptors (Lipinski definition) is 5. The van der Waals surface area contributed by atoms with E-state index in [2.05, 4.69) is 27.5 Å². The fourth-order valence-corrected chi connectivity index (χ4v) is 2.53. The summed E-state index contributed by atoms with van der Waals surface area (Å²) in [6, 6.07) is 6.07. The van der Waals surface area contributed by atoms with E-state index in [9.17, 15) is 0 Å². The summed E-state index contributed by atoms with van der Waals surface area (Å²) in [5.74, 6) is 0. The summed E-state index contributed by atoms with van der Waals surface area (Å²) in [5, 5.41) is 6.89. The molecule has 7 heteroatoms. The van der Waals surface area contributed by atoms with Gasteiger partial charge in [0, 0.05) is 19.3 Å². The number of pyridine rings is 1. The van der Waals surface area contributed by atoms with Crippen molar-refractivity contribution < 1.29 is 19.4 Å². The minimum Gasteiger partial charge on any atom is -0.483 e. The van der Waals surface area contributed by atoms with Gasteiger partial charge < -0.3 is 23.9 Å². The van der Waals surface area contributed by atoms with Crippen molar-refractivity contribution in [2.45, 2.75) is 19.1 Å². The number of ether oxygens (including phenoxy) is 2. The highest BCUT2D eigenvalue weighted by Crippen LogP contribution is 2.10. The van der Waals surface area contributed by atoms with Crippen molar-refractivity contribution in [2.24, 2.45) is 0 Å². The lowest BCUT2D eigenvalue weighted by Gasteiger charge is -2.25. The summed E-state index contributed by atoms with van der Waals surface area (Å²) in [6.45, 7) is 3.81. The molecule has 1 aliphatic heterocycles. The number of aromatic nitrogens is 2. The van der Waals surface area contributed by atoms with E-state index < -0.39 is 0 Å². The molecule has 0 radical (unpaired) electrons. The fourth-order valence-electron chi connectivity index (χ4n) is 2.53. The van der Waals surface area contributed by atoms with E-state index in [1.165, 1.54) is 5.69 Å². The molecule has 1 aliphatic rings. The monoisotopic (exact) mass is 321 g/mol. The molecule has 126 valence electrons. The van der Waals surface area contributed by atoms with Gasteiger partial charge in [-0.3, -0.25) is 4.79 Å². The smallest absolute Gasteiger partial charge is 0.290 e. The van der Waals surface area contributed by atoms with Crippen molar-refractivity contribution in [2.75, 3.05) is 33.4 Å². The maximum Gasteiger partial charge on any atom is 0.290 e. The molecule has 0 saturated carbocycles. The number of fused-ring (bicyclic) bond motifs is 1. The van der Waals surface area contributed by atoms with Crippen molar-refractivity contribution in [3.8, 4) is 0 Å². The van der Waals surface area contributed by atoms with Crippen LogP contribution in [0.4, 0.5) is 0 Å². The molecule has 3 heterocycles. The first-order valence-corrected chi connectivity index (χ1v) is 7.61. The minimum atomic E-state index is -0.250. The lowest BCUT2D eigenvalue weighted by molar-refractivity contribution is -0.122. The second-order valence-electron chi connectivity index (χ2n) is 5.38. The van der Waals surface area contributed by atoms with Crippen LogP contribution in [0.1, 0.15) is 12.1 Å². The maximum atomic E-state index is 8.36. The average molecular weight is 321 g/mol. The van der Waals surface area contributed by atoms with Crippen molar-refractivity contribution in [3.63, 3.8) is 0 Å². The molecule has 3 rings (SSSR count). The molecular weight excluding hydrogens is 298 g/mol. The molecule has 2 aromatic heterocycles. The SMILES string of the molecule is CN(CCC1COCCO1)Cc1cnc2ccccn12.O=CO. The molecule has 1 atom stereocenters. The molecule has 0 bridgehead atoms. The summed E-state index contributed by atoms with van der Waals surface area (Å²) in [4.78, 5) is 15.1. The van der Waals surface area contributed by atoms with Crippen LogP contribution < -0.4 is 0 Å². The van der Waals surface area contributed by atoms with Gasteiger partial charge in [-0.25, -0.2) is 4.98 Å². The van der Waals surface area contributed by atoms with Gasteiger partial charge in [0.15, 0.2) is 0 Å². The Balaban J connectivity index is 0.000000595. The summed E-state index contributed by atoms with van der Waals surface area (Å²) >= 11 is 0. The predicted octanol–water partition coefficient (Wildman–Crippen LogP) is 1.27. The summed E-state index contributed by atoms with van der Waals surface area (Å²) < 4.78 is 13.2. The number of carboxylic acid groups (broad SMARTS) is 1. The Hall–Kier alpha value is -1.96. The van der Waals surface area contributed by atoms with Gasteiger partial charge >= 0.3 is 0 Å². The van der Waals surface area contributed by atoms with Crippen LogP contribution in [0.3, 0.4) is 0 Å². The Kier molecular flexibility index (Phi) is 6.99. The summed E-state index contributed by atoms with van der Waals surface area (Å²) in [5.41, 5.74) is 2.21. The van der Waals surface area contributed by atoms with E-state index in [0.29, 0.717) is 0 Å². The van der Waals surface area contributed by atoms with Crippen LogP contribution in [0.2, 0.25) is 0 Å². The van der Waals surface area contributed by atoms with Crippen molar-refractivity contribution in [1.82, 2.24) is 14.3 Å². The molecule has 1 N–H and O–H groups in total. The van der Waals surface area contributed by atoms with Crippen LogP contribution in [-0.4, -0.2) is 65.4 Å². The highest BCUT2D eigenvalue weighted by molar-refractivity contribution is 5.39. The lowest BCUT2D eigenvalue weighted by Crippen LogP contribution is -2.32. The Morgan fingerprint density at radius 3 is 3.04 bits per heavy atom. The predicted molar refractivity (Wildman–Crippen MR) is 85.4 cm³/mol. The number of nitrogens with zero attached hydrogens (tertiary/aromatic N) is 3. The quantitative estimate of drug-likeness (QED) is 0.836. The second kappa shape index (κ2) is 9.24. The summed E-state index contributed by atoms with van der Waals surface area (Å²) in [6.07, 6.45) is 5.26. The maximum absolute atomic E-state index is 8.36. The van der Waals surface area contributed by atoms with Gasteiger partial charge in [-0.15, -0.1) is 0 Å². The van der Waals surface area contributed by atoms with Gasteiger partial charge in [0.05, 0.1) is 37.8 Å². The number of rotatable bonds is 5. The largest absolute Gasteiger partial charge is 0.483 e. The normalized spacial score (nSPS) is 17.7. The van der Waals surface area contributed by atoms with E-state index in [1.54, 1.807) is 0 Å². The van der Waals surface area contributed by atoms with Gasteiger partial charge in [0.25, 0.3) is 6.47 Å². The van der Waals surface area contributed by atoms with E-state index in [1.807, 2.05) is 24.4 Å². The highest BCUT2D eigenvalue weighted by atomic mass is 16.6. The number of carbonyl (C=O) groups is 1. The lowest BCUT2D eigenvalue weighted by atomic mass is 10.2. The van der Waals surface area contributed by atoms with Gasteiger partial charge in [0.1, 0.15) is 5.65 Å². The second-order valence-corrected chi connectivity index (χ2v) is 5.38. The van der Waals surface area contributed by atoms with Crippen molar-refractivity contribution in [1.29, 1.82) is 0 Å². The number of imidazole rings is 1. The first-order chi connectivity index (χ1) is 11.2. The standard InChI is InChI=1S/C15H21N3O2.CH2O2/c1-17(7-5-14-12-19-8-9-20-14)11-13-10-16-15-4-2-3-6-18(13)15;2-1-3/h2-4,6,10,14H,5,7-9,11-12H2,1H3;1H,(H,2,3). The van der Waals surface area contributed by atoms with Crippen molar-refractivity contribution >= 4 is 12.1 Å². The van der Waals surface area contributed by atoms with Gasteiger partial charge in [-0.05, 0) is 25.6 Å². The van der Waals surface area contributed by atoms with E-state index in [-0.39, 0.29) is 12.6 Å². The van der Waals surface area contributed by atoms with Crippen LogP contribution in [0.25, 0.3) is 5.65 Å². The number of hydrogen-bond donors (Lipinski definition) is 1. The fraction of sp³-hybridized carbons (Fsp3) is 0.500. The van der Waals surface area contributed by atoms with Gasteiger partial charge in [-0.2, -0.15) is 0 Å². The Bertz CT molecular complexity index is 596. The zero-order valence-electron chi connectivity index (χ0n) is 13.3. The molecule has 0 aromatic carbocycles. The van der Waals surface area contributed by atoms with Crippen LogP contribution >= 0.6 is 0 Å². The molecule has 1 unspecified atom stereocenters. The molecule has 2 aromatic rings. The van der Waals surface area contributed by atoms with Crippen molar-refractivity contribution in [3.05, 3.63) is 36.3 Å². The first-order valence-electron chi connectivity index (χ1n) is 7.61. The first kappa shape index (κ1) is 17.4. The van der Waals surface area contributed by atoms with E-state index >= 15 is 0 Å². The molecule has 7 nitrogen and oxygen atoms in total. The van der Waals surface area contributed by atoms with Crippen LogP contribution in [0.5, 0.6) is 0 Å². The third kappa shape index (κ3) is 5.31. The average Bonchev–Trinajstić information content (AvgIpc) is 2.98. The summed E-state index contributed by atoms with van der Waals surface area (Å²) in [7, 11) is 2.13. The zero-order chi connectivity index (χ0) is 16.5. The minimum absolute atomic E-state index is 0.244. The molecule has 23 heavy (non-hydrogen) atoms. The Morgan fingerprint density at radius 2 is 2.30 bits per heavy atom. The molecule has 0 aliphatic carbocycles. The van der Waals surface area contributed by atoms with Crippen LogP contribution in [-0.2, 0) is 20.8 Å².